The Morgan fingerprint density at radius 3 is 1.56 bits per heavy atom. The van der Waals surface area contributed by atoms with Crippen molar-refractivity contribution in [1.82, 2.24) is 0 Å². The van der Waals surface area contributed by atoms with Gasteiger partial charge in [0.05, 0.1) is 0 Å². The first kappa shape index (κ1) is 18.0. The standard InChI is InChI=1S/C18H37/c1-4-6-7-8-9-10-11-12-13-14-15-17-18(3)16-5-2/h18H,1,4-17H2,2-3H3. The third-order valence-electron chi connectivity index (χ3n) is 3.98. The van der Waals surface area contributed by atoms with E-state index < -0.39 is 0 Å². The van der Waals surface area contributed by atoms with E-state index in [1.54, 1.807) is 0 Å². The Morgan fingerprint density at radius 2 is 1.11 bits per heavy atom. The second-order valence-electron chi connectivity index (χ2n) is 6.07. The van der Waals surface area contributed by atoms with Gasteiger partial charge in [-0.1, -0.05) is 111 Å². The average molecular weight is 253 g/mol. The van der Waals surface area contributed by atoms with Crippen molar-refractivity contribution in [3.8, 4) is 0 Å². The van der Waals surface area contributed by atoms with Crippen LogP contribution in [0.1, 0.15) is 104 Å². The molecule has 0 aliphatic rings. The van der Waals surface area contributed by atoms with E-state index in [0.717, 1.165) is 12.3 Å². The van der Waals surface area contributed by atoms with Crippen LogP contribution in [-0.4, -0.2) is 0 Å². The average Bonchev–Trinajstić information content (AvgIpc) is 2.36. The van der Waals surface area contributed by atoms with E-state index in [2.05, 4.69) is 20.8 Å². The van der Waals surface area contributed by atoms with Crippen LogP contribution in [0.4, 0.5) is 0 Å². The van der Waals surface area contributed by atoms with E-state index >= 15 is 0 Å². The van der Waals surface area contributed by atoms with E-state index in [-0.39, 0.29) is 0 Å². The molecule has 0 aromatic rings. The quantitative estimate of drug-likeness (QED) is 0.294. The first-order valence-corrected chi connectivity index (χ1v) is 8.60. The Balaban J connectivity index is 2.98. The first-order chi connectivity index (χ1) is 8.81. The Bertz CT molecular complexity index is 139. The highest BCUT2D eigenvalue weighted by molar-refractivity contribution is 4.53. The van der Waals surface area contributed by atoms with E-state index in [1.165, 1.54) is 83.5 Å². The van der Waals surface area contributed by atoms with Gasteiger partial charge >= 0.3 is 0 Å². The molecule has 0 nitrogen and oxygen atoms in total. The Hall–Kier alpha value is 0. The topological polar surface area (TPSA) is 0 Å². The van der Waals surface area contributed by atoms with Gasteiger partial charge in [-0.15, -0.1) is 0 Å². The fraction of sp³-hybridized carbons (Fsp3) is 0.944. The summed E-state index contributed by atoms with van der Waals surface area (Å²) in [5.41, 5.74) is 0. The second kappa shape index (κ2) is 15.1. The summed E-state index contributed by atoms with van der Waals surface area (Å²) < 4.78 is 0. The van der Waals surface area contributed by atoms with Gasteiger partial charge in [0.15, 0.2) is 0 Å². The molecule has 0 bridgehead atoms. The fourth-order valence-electron chi connectivity index (χ4n) is 2.72. The molecule has 109 valence electrons. The molecule has 1 unspecified atom stereocenters. The van der Waals surface area contributed by atoms with Crippen molar-refractivity contribution in [2.45, 2.75) is 104 Å². The van der Waals surface area contributed by atoms with Gasteiger partial charge in [-0.3, -0.25) is 0 Å². The number of hydrogen-bond acceptors (Lipinski definition) is 0. The lowest BCUT2D eigenvalue weighted by Crippen LogP contribution is -1.93. The largest absolute Gasteiger partial charge is 0.0654 e. The Kier molecular flexibility index (Phi) is 15.1. The SMILES string of the molecule is [CH2]CCCCCCCCCCCCC(C)CCC. The molecule has 0 N–H and O–H groups in total. The highest BCUT2D eigenvalue weighted by Gasteiger charge is 1.99. The molecule has 0 rings (SSSR count). The zero-order valence-corrected chi connectivity index (χ0v) is 13.2. The van der Waals surface area contributed by atoms with E-state index in [0.29, 0.717) is 0 Å². The molecule has 1 atom stereocenters. The van der Waals surface area contributed by atoms with E-state index in [4.69, 9.17) is 0 Å². The number of rotatable bonds is 14. The normalized spacial score (nSPS) is 12.8. The Labute approximate surface area is 117 Å². The van der Waals surface area contributed by atoms with Crippen LogP contribution in [-0.2, 0) is 0 Å². The minimum Gasteiger partial charge on any atom is -0.0654 e. The molecule has 0 saturated heterocycles. The highest BCUT2D eigenvalue weighted by atomic mass is 14.1. The maximum absolute atomic E-state index is 3.89. The molecular weight excluding hydrogens is 216 g/mol. The van der Waals surface area contributed by atoms with Crippen molar-refractivity contribution in [2.75, 3.05) is 0 Å². The van der Waals surface area contributed by atoms with Gasteiger partial charge in [0, 0.05) is 0 Å². The molecular formula is C18H37. The highest BCUT2D eigenvalue weighted by Crippen LogP contribution is 2.16. The minimum absolute atomic E-state index is 0.961. The molecule has 0 aromatic carbocycles. The number of hydrogen-bond donors (Lipinski definition) is 0. The molecule has 0 heterocycles. The predicted molar refractivity (Wildman–Crippen MR) is 84.8 cm³/mol. The molecule has 0 amide bonds. The Morgan fingerprint density at radius 1 is 0.667 bits per heavy atom. The predicted octanol–water partition coefficient (Wildman–Crippen LogP) is 6.94. The van der Waals surface area contributed by atoms with E-state index in [1.807, 2.05) is 0 Å². The third-order valence-corrected chi connectivity index (χ3v) is 3.98. The van der Waals surface area contributed by atoms with Crippen molar-refractivity contribution in [1.29, 1.82) is 0 Å². The van der Waals surface area contributed by atoms with Crippen molar-refractivity contribution < 1.29 is 0 Å². The van der Waals surface area contributed by atoms with Gasteiger partial charge in [-0.05, 0) is 5.92 Å². The van der Waals surface area contributed by atoms with Gasteiger partial charge in [-0.25, -0.2) is 0 Å². The van der Waals surface area contributed by atoms with E-state index in [9.17, 15) is 0 Å². The molecule has 0 aromatic heterocycles. The summed E-state index contributed by atoms with van der Waals surface area (Å²) in [4.78, 5) is 0. The zero-order chi connectivity index (χ0) is 13.5. The molecule has 0 aliphatic carbocycles. The first-order valence-electron chi connectivity index (χ1n) is 8.60. The third kappa shape index (κ3) is 14.1. The molecule has 0 aliphatic heterocycles. The van der Waals surface area contributed by atoms with Crippen LogP contribution in [0.2, 0.25) is 0 Å². The lowest BCUT2D eigenvalue weighted by atomic mass is 9.98. The van der Waals surface area contributed by atoms with Crippen molar-refractivity contribution in [3.63, 3.8) is 0 Å². The van der Waals surface area contributed by atoms with Crippen LogP contribution < -0.4 is 0 Å². The maximum atomic E-state index is 3.89. The zero-order valence-electron chi connectivity index (χ0n) is 13.2. The van der Waals surface area contributed by atoms with Gasteiger partial charge < -0.3 is 0 Å². The summed E-state index contributed by atoms with van der Waals surface area (Å²) in [7, 11) is 0. The fourth-order valence-corrected chi connectivity index (χ4v) is 2.72. The number of unbranched alkanes of at least 4 members (excludes halogenated alkanes) is 10. The van der Waals surface area contributed by atoms with Crippen molar-refractivity contribution in [2.24, 2.45) is 5.92 Å². The molecule has 0 fully saturated rings. The lowest BCUT2D eigenvalue weighted by Gasteiger charge is -2.09. The van der Waals surface area contributed by atoms with Crippen LogP contribution in [0.25, 0.3) is 0 Å². The summed E-state index contributed by atoms with van der Waals surface area (Å²) in [6.45, 7) is 8.60. The molecule has 0 heteroatoms. The molecule has 0 spiro atoms. The summed E-state index contributed by atoms with van der Waals surface area (Å²) >= 11 is 0. The second-order valence-corrected chi connectivity index (χ2v) is 6.07. The van der Waals surface area contributed by atoms with Gasteiger partial charge in [0.1, 0.15) is 0 Å². The summed E-state index contributed by atoms with van der Waals surface area (Å²) in [6.07, 6.45) is 19.8. The van der Waals surface area contributed by atoms with Gasteiger partial charge in [-0.2, -0.15) is 0 Å². The smallest absolute Gasteiger partial charge is 0.0443 e. The van der Waals surface area contributed by atoms with Crippen LogP contribution in [0.5, 0.6) is 0 Å². The van der Waals surface area contributed by atoms with Crippen LogP contribution >= 0.6 is 0 Å². The summed E-state index contributed by atoms with van der Waals surface area (Å²) in [6, 6.07) is 0. The van der Waals surface area contributed by atoms with Gasteiger partial charge in [0.2, 0.25) is 0 Å². The summed E-state index contributed by atoms with van der Waals surface area (Å²) in [5.74, 6) is 0.961. The van der Waals surface area contributed by atoms with Gasteiger partial charge in [0.25, 0.3) is 0 Å². The summed E-state index contributed by atoms with van der Waals surface area (Å²) in [5, 5.41) is 0. The van der Waals surface area contributed by atoms with Crippen molar-refractivity contribution >= 4 is 0 Å². The van der Waals surface area contributed by atoms with Crippen molar-refractivity contribution in [3.05, 3.63) is 6.92 Å². The monoisotopic (exact) mass is 253 g/mol. The van der Waals surface area contributed by atoms with Crippen LogP contribution in [0, 0.1) is 12.8 Å². The maximum Gasteiger partial charge on any atom is -0.0443 e. The van der Waals surface area contributed by atoms with Crippen LogP contribution in [0.3, 0.4) is 0 Å². The minimum atomic E-state index is 0.961. The molecule has 0 saturated carbocycles. The molecule has 18 heavy (non-hydrogen) atoms. The van der Waals surface area contributed by atoms with Crippen LogP contribution in [0.15, 0.2) is 0 Å². The molecule has 1 radical (unpaired) electrons. The lowest BCUT2D eigenvalue weighted by molar-refractivity contribution is 0.450.